The van der Waals surface area contributed by atoms with Gasteiger partial charge in [-0.1, -0.05) is 83.8 Å². The first-order valence-corrected chi connectivity index (χ1v) is 15.4. The average molecular weight is 489 g/mol. The Balaban J connectivity index is 0.00000158. The smallest absolute Gasteiger partial charge is 0.0645 e. The van der Waals surface area contributed by atoms with Crippen molar-refractivity contribution in [1.29, 1.82) is 0 Å². The van der Waals surface area contributed by atoms with Crippen molar-refractivity contribution in [3.63, 3.8) is 0 Å². The van der Waals surface area contributed by atoms with Crippen molar-refractivity contribution in [3.8, 4) is 0 Å². The molecule has 0 aliphatic heterocycles. The standard InChI is InChI=1S/C29H46O2S.C2H6/c1-29(2,30)18-19-31-32-28-26(23-14-8-4-9-15-23)20-25(22-12-6-3-7-13-22)21-27(28)24-16-10-5-11-17-24;1-2/h20-24,30H,3-19H2,1-2H3;1-2H3. The fraction of sp³-hybridized carbons (Fsp3) is 0.806. The highest BCUT2D eigenvalue weighted by Gasteiger charge is 2.28. The molecule has 1 aromatic carbocycles. The lowest BCUT2D eigenvalue weighted by Crippen LogP contribution is -2.20. The molecule has 194 valence electrons. The van der Waals surface area contributed by atoms with Crippen molar-refractivity contribution in [3.05, 3.63) is 28.8 Å². The Morgan fingerprint density at radius 1 is 0.735 bits per heavy atom. The van der Waals surface area contributed by atoms with E-state index in [0.29, 0.717) is 24.9 Å². The van der Waals surface area contributed by atoms with Gasteiger partial charge in [-0.25, -0.2) is 0 Å². The Morgan fingerprint density at radius 3 is 1.56 bits per heavy atom. The van der Waals surface area contributed by atoms with Gasteiger partial charge in [-0.3, -0.25) is 0 Å². The fourth-order valence-corrected chi connectivity index (χ4v) is 7.22. The minimum absolute atomic E-state index is 0.604. The summed E-state index contributed by atoms with van der Waals surface area (Å²) in [6.45, 7) is 8.36. The van der Waals surface area contributed by atoms with Crippen molar-refractivity contribution in [2.24, 2.45) is 0 Å². The highest BCUT2D eigenvalue weighted by Crippen LogP contribution is 2.47. The zero-order chi connectivity index (χ0) is 24.4. The minimum Gasteiger partial charge on any atom is -0.390 e. The first-order chi connectivity index (χ1) is 16.5. The van der Waals surface area contributed by atoms with E-state index in [1.807, 2.05) is 27.7 Å². The van der Waals surface area contributed by atoms with E-state index in [-0.39, 0.29) is 0 Å². The Bertz CT molecular complexity index is 666. The Labute approximate surface area is 215 Å². The van der Waals surface area contributed by atoms with E-state index in [9.17, 15) is 5.11 Å². The molecule has 1 N–H and O–H groups in total. The first-order valence-electron chi connectivity index (χ1n) is 14.7. The molecule has 0 amide bonds. The monoisotopic (exact) mass is 488 g/mol. The van der Waals surface area contributed by atoms with E-state index in [4.69, 9.17) is 4.18 Å². The summed E-state index contributed by atoms with van der Waals surface area (Å²) in [5.41, 5.74) is 4.21. The van der Waals surface area contributed by atoms with Crippen LogP contribution in [0.25, 0.3) is 0 Å². The number of hydrogen-bond donors (Lipinski definition) is 1. The second-order valence-electron chi connectivity index (χ2n) is 11.5. The van der Waals surface area contributed by atoms with Gasteiger partial charge in [0.15, 0.2) is 0 Å². The van der Waals surface area contributed by atoms with Crippen LogP contribution < -0.4 is 0 Å². The van der Waals surface area contributed by atoms with E-state index in [1.54, 1.807) is 28.7 Å². The van der Waals surface area contributed by atoms with Gasteiger partial charge in [-0.15, -0.1) is 0 Å². The lowest BCUT2D eigenvalue weighted by atomic mass is 9.76. The summed E-state index contributed by atoms with van der Waals surface area (Å²) >= 11 is 1.65. The van der Waals surface area contributed by atoms with Crippen molar-refractivity contribution in [1.82, 2.24) is 0 Å². The molecule has 1 aromatic rings. The molecule has 0 radical (unpaired) electrons. The van der Waals surface area contributed by atoms with Crippen molar-refractivity contribution >= 4 is 12.0 Å². The third-order valence-electron chi connectivity index (χ3n) is 8.27. The van der Waals surface area contributed by atoms with E-state index in [0.717, 1.165) is 5.92 Å². The maximum absolute atomic E-state index is 10.1. The van der Waals surface area contributed by atoms with Gasteiger partial charge in [0.1, 0.15) is 0 Å². The molecule has 0 bridgehead atoms. The van der Waals surface area contributed by atoms with Crippen molar-refractivity contribution in [2.75, 3.05) is 6.61 Å². The Kier molecular flexibility index (Phi) is 11.8. The van der Waals surface area contributed by atoms with E-state index < -0.39 is 5.60 Å². The first kappa shape index (κ1) is 28.1. The molecule has 3 fully saturated rings. The fourth-order valence-electron chi connectivity index (χ4n) is 6.29. The van der Waals surface area contributed by atoms with Crippen LogP contribution in [0.1, 0.15) is 165 Å². The lowest BCUT2D eigenvalue weighted by molar-refractivity contribution is 0.0582. The normalized spacial score (nSPS) is 21.2. The number of rotatable bonds is 8. The predicted molar refractivity (Wildman–Crippen MR) is 148 cm³/mol. The van der Waals surface area contributed by atoms with E-state index >= 15 is 0 Å². The summed E-state index contributed by atoms with van der Waals surface area (Å²) in [4.78, 5) is 1.46. The molecule has 4 rings (SSSR count). The summed E-state index contributed by atoms with van der Waals surface area (Å²) in [5, 5.41) is 10.1. The minimum atomic E-state index is -0.663. The van der Waals surface area contributed by atoms with E-state index in [1.165, 1.54) is 101 Å². The molecule has 0 aromatic heterocycles. The second kappa shape index (κ2) is 14.3. The van der Waals surface area contributed by atoms with Gasteiger partial charge in [-0.05, 0) is 86.8 Å². The van der Waals surface area contributed by atoms with Gasteiger partial charge in [0.2, 0.25) is 0 Å². The quantitative estimate of drug-likeness (QED) is 0.291. The van der Waals surface area contributed by atoms with Gasteiger partial charge in [0.25, 0.3) is 0 Å². The van der Waals surface area contributed by atoms with Crippen molar-refractivity contribution < 1.29 is 9.29 Å². The average Bonchev–Trinajstić information content (AvgIpc) is 2.88. The summed E-state index contributed by atoms with van der Waals surface area (Å²) in [5.74, 6) is 2.17. The van der Waals surface area contributed by atoms with Crippen LogP contribution >= 0.6 is 12.0 Å². The van der Waals surface area contributed by atoms with Crippen LogP contribution in [0.2, 0.25) is 0 Å². The molecule has 3 aliphatic rings. The molecule has 0 saturated heterocycles. The molecule has 3 saturated carbocycles. The lowest BCUT2D eigenvalue weighted by Gasteiger charge is -2.32. The number of aliphatic hydroxyl groups is 1. The van der Waals surface area contributed by atoms with Gasteiger partial charge < -0.3 is 9.29 Å². The van der Waals surface area contributed by atoms with Crippen LogP contribution in [-0.4, -0.2) is 17.3 Å². The second-order valence-corrected chi connectivity index (χ2v) is 12.3. The van der Waals surface area contributed by atoms with Crippen LogP contribution in [0, 0.1) is 0 Å². The van der Waals surface area contributed by atoms with E-state index in [2.05, 4.69) is 12.1 Å². The number of benzene rings is 1. The predicted octanol–water partition coefficient (Wildman–Crippen LogP) is 10.0. The highest BCUT2D eigenvalue weighted by molar-refractivity contribution is 7.94. The van der Waals surface area contributed by atoms with Crippen LogP contribution in [0.5, 0.6) is 0 Å². The van der Waals surface area contributed by atoms with Crippen molar-refractivity contribution in [2.45, 2.75) is 159 Å². The number of hydrogen-bond acceptors (Lipinski definition) is 3. The summed E-state index contributed by atoms with van der Waals surface area (Å²) < 4.78 is 6.20. The largest absolute Gasteiger partial charge is 0.390 e. The summed E-state index contributed by atoms with van der Waals surface area (Å²) in [7, 11) is 0. The van der Waals surface area contributed by atoms with Gasteiger partial charge in [-0.2, -0.15) is 0 Å². The van der Waals surface area contributed by atoms with Crippen LogP contribution in [0.4, 0.5) is 0 Å². The molecule has 0 heterocycles. The summed E-state index contributed by atoms with van der Waals surface area (Å²) in [6.07, 6.45) is 21.3. The summed E-state index contributed by atoms with van der Waals surface area (Å²) in [6, 6.07) is 5.25. The topological polar surface area (TPSA) is 29.5 Å². The SMILES string of the molecule is CC.CC(C)(O)CCOSc1c(C2CCCCC2)cc(C2CCCCC2)cc1C1CCCCC1. The zero-order valence-corrected chi connectivity index (χ0v) is 23.5. The maximum Gasteiger partial charge on any atom is 0.0645 e. The van der Waals surface area contributed by atoms with Gasteiger partial charge in [0, 0.05) is 23.4 Å². The highest BCUT2D eigenvalue weighted by atomic mass is 32.2. The molecule has 3 heteroatoms. The van der Waals surface area contributed by atoms with Crippen LogP contribution in [-0.2, 0) is 4.18 Å². The molecule has 2 nitrogen and oxygen atoms in total. The van der Waals surface area contributed by atoms with Gasteiger partial charge in [0.05, 0.1) is 12.2 Å². The third kappa shape index (κ3) is 8.27. The molecule has 3 aliphatic carbocycles. The molecule has 0 unspecified atom stereocenters. The molecule has 34 heavy (non-hydrogen) atoms. The molecular formula is C31H52O2S. The Hall–Kier alpha value is -0.510. The van der Waals surface area contributed by atoms with Crippen LogP contribution in [0.3, 0.4) is 0 Å². The van der Waals surface area contributed by atoms with Gasteiger partial charge >= 0.3 is 0 Å². The third-order valence-corrected chi connectivity index (χ3v) is 9.20. The maximum atomic E-state index is 10.1. The molecule has 0 atom stereocenters. The van der Waals surface area contributed by atoms with Crippen LogP contribution in [0.15, 0.2) is 17.0 Å². The Morgan fingerprint density at radius 2 is 1.15 bits per heavy atom. The zero-order valence-electron chi connectivity index (χ0n) is 22.7. The molecular weight excluding hydrogens is 436 g/mol. The molecule has 0 spiro atoms.